The van der Waals surface area contributed by atoms with E-state index < -0.39 is 17.4 Å². The Hall–Kier alpha value is -1.04. The van der Waals surface area contributed by atoms with Gasteiger partial charge in [0.15, 0.2) is 0 Å². The van der Waals surface area contributed by atoms with Gasteiger partial charge in [0.25, 0.3) is 0 Å². The van der Waals surface area contributed by atoms with Crippen molar-refractivity contribution in [1.29, 1.82) is 0 Å². The normalized spacial score (nSPS) is 13.4. The molecule has 0 saturated heterocycles. The molecule has 1 aromatic rings. The second-order valence-corrected chi connectivity index (χ2v) is 3.39. The number of hydrogen-bond acceptors (Lipinski definition) is 2. The number of hydrogen-bond donors (Lipinski definition) is 2. The van der Waals surface area contributed by atoms with Crippen LogP contribution >= 0.6 is 0 Å². The number of rotatable bonds is 1. The average molecular weight is 193 g/mol. The van der Waals surface area contributed by atoms with E-state index in [1.165, 1.54) is 0 Å². The van der Waals surface area contributed by atoms with Gasteiger partial charge < -0.3 is 5.73 Å². The molecule has 0 spiro atoms. The summed E-state index contributed by atoms with van der Waals surface area (Å²) < 4.78 is 36.2. The molecule has 1 aromatic heterocycles. The van der Waals surface area contributed by atoms with Crippen LogP contribution < -0.4 is 5.73 Å². The number of H-pyrrole nitrogens is 1. The Morgan fingerprint density at radius 2 is 1.92 bits per heavy atom. The molecule has 74 valence electrons. The van der Waals surface area contributed by atoms with Gasteiger partial charge in [-0.2, -0.15) is 18.3 Å². The van der Waals surface area contributed by atoms with Crippen molar-refractivity contribution >= 4 is 0 Å². The monoisotopic (exact) mass is 193 g/mol. The molecule has 0 radical (unpaired) electrons. The van der Waals surface area contributed by atoms with E-state index in [2.05, 4.69) is 5.10 Å². The van der Waals surface area contributed by atoms with Crippen molar-refractivity contribution in [1.82, 2.24) is 10.2 Å². The van der Waals surface area contributed by atoms with E-state index in [1.807, 2.05) is 5.10 Å². The van der Waals surface area contributed by atoms with Gasteiger partial charge >= 0.3 is 6.18 Å². The van der Waals surface area contributed by atoms with E-state index in [9.17, 15) is 13.2 Å². The van der Waals surface area contributed by atoms with E-state index in [1.54, 1.807) is 13.8 Å². The van der Waals surface area contributed by atoms with Gasteiger partial charge in [0.2, 0.25) is 0 Å². The maximum Gasteiger partial charge on any atom is 0.432 e. The average Bonchev–Trinajstić information content (AvgIpc) is 2.28. The lowest BCUT2D eigenvalue weighted by Gasteiger charge is -2.13. The molecule has 3 N–H and O–H groups in total. The van der Waals surface area contributed by atoms with E-state index in [-0.39, 0.29) is 5.69 Å². The molecule has 1 heterocycles. The molecular weight excluding hydrogens is 183 g/mol. The highest BCUT2D eigenvalue weighted by atomic mass is 19.4. The van der Waals surface area contributed by atoms with Crippen LogP contribution in [0.15, 0.2) is 6.07 Å². The largest absolute Gasteiger partial charge is 0.432 e. The van der Waals surface area contributed by atoms with Crippen molar-refractivity contribution in [2.75, 3.05) is 0 Å². The highest BCUT2D eigenvalue weighted by Crippen LogP contribution is 2.29. The first kappa shape index (κ1) is 10.0. The van der Waals surface area contributed by atoms with Crippen molar-refractivity contribution < 1.29 is 13.2 Å². The third-order valence-electron chi connectivity index (χ3n) is 1.54. The minimum absolute atomic E-state index is 0.194. The smallest absolute Gasteiger partial charge is 0.321 e. The maximum absolute atomic E-state index is 12.1. The minimum atomic E-state index is -4.39. The zero-order valence-corrected chi connectivity index (χ0v) is 7.24. The summed E-state index contributed by atoms with van der Waals surface area (Å²) in [5, 5.41) is 5.38. The van der Waals surface area contributed by atoms with Crippen LogP contribution in [0.4, 0.5) is 13.2 Å². The minimum Gasteiger partial charge on any atom is -0.321 e. The summed E-state index contributed by atoms with van der Waals surface area (Å²) in [4.78, 5) is 0. The Morgan fingerprint density at radius 3 is 2.15 bits per heavy atom. The molecule has 3 nitrogen and oxygen atoms in total. The van der Waals surface area contributed by atoms with Gasteiger partial charge in [-0.3, -0.25) is 5.10 Å². The first-order chi connectivity index (χ1) is 5.71. The number of nitrogens with zero attached hydrogens (tertiary/aromatic N) is 1. The maximum atomic E-state index is 12.1. The van der Waals surface area contributed by atoms with Crippen molar-refractivity contribution in [3.05, 3.63) is 17.5 Å². The number of halogens is 3. The molecule has 0 fully saturated rings. The topological polar surface area (TPSA) is 54.7 Å². The summed E-state index contributed by atoms with van der Waals surface area (Å²) in [6.45, 7) is 3.17. The number of alkyl halides is 3. The second kappa shape index (κ2) is 2.73. The molecule has 0 atom stereocenters. The van der Waals surface area contributed by atoms with Gasteiger partial charge in [-0.15, -0.1) is 0 Å². The predicted molar refractivity (Wildman–Crippen MR) is 40.8 cm³/mol. The number of aromatic nitrogens is 2. The Bertz CT molecular complexity index is 266. The Labute approximate surface area is 73.1 Å². The van der Waals surface area contributed by atoms with E-state index in [4.69, 9.17) is 5.73 Å². The summed E-state index contributed by atoms with van der Waals surface area (Å²) in [6.07, 6.45) is -4.39. The van der Waals surface area contributed by atoms with Crippen LogP contribution in [0.3, 0.4) is 0 Å². The lowest BCUT2D eigenvalue weighted by atomic mass is 10.0. The zero-order valence-electron chi connectivity index (χ0n) is 7.24. The van der Waals surface area contributed by atoms with Crippen molar-refractivity contribution in [3.8, 4) is 0 Å². The summed E-state index contributed by atoms with van der Waals surface area (Å²) in [5.74, 6) is 0. The lowest BCUT2D eigenvalue weighted by Crippen LogP contribution is -2.29. The third-order valence-corrected chi connectivity index (χ3v) is 1.54. The van der Waals surface area contributed by atoms with Crippen molar-refractivity contribution in [3.63, 3.8) is 0 Å². The molecule has 0 aliphatic rings. The fourth-order valence-electron chi connectivity index (χ4n) is 0.797. The van der Waals surface area contributed by atoms with Crippen molar-refractivity contribution in [2.24, 2.45) is 5.73 Å². The van der Waals surface area contributed by atoms with Gasteiger partial charge in [0.05, 0.1) is 11.2 Å². The number of nitrogens with two attached hydrogens (primary N) is 1. The van der Waals surface area contributed by atoms with Crippen molar-refractivity contribution in [2.45, 2.75) is 25.6 Å². The highest BCUT2D eigenvalue weighted by Gasteiger charge is 2.34. The zero-order chi connectivity index (χ0) is 10.3. The summed E-state index contributed by atoms with van der Waals surface area (Å²) in [6, 6.07) is 0.917. The van der Waals surface area contributed by atoms with Crippen LogP contribution in [-0.2, 0) is 11.7 Å². The quantitative estimate of drug-likeness (QED) is 0.712. The van der Waals surface area contributed by atoms with Crippen LogP contribution in [0.5, 0.6) is 0 Å². The standard InChI is InChI=1S/C7H10F3N3/c1-6(2,11)4-3-5(13-12-4)7(8,9)10/h3H,11H2,1-2H3,(H,12,13). The molecule has 0 amide bonds. The van der Waals surface area contributed by atoms with Crippen LogP contribution in [0, 0.1) is 0 Å². The molecule has 0 bridgehead atoms. The Morgan fingerprint density at radius 1 is 1.38 bits per heavy atom. The van der Waals surface area contributed by atoms with E-state index >= 15 is 0 Å². The van der Waals surface area contributed by atoms with Crippen LogP contribution in [0.2, 0.25) is 0 Å². The van der Waals surface area contributed by atoms with Gasteiger partial charge in [-0.1, -0.05) is 0 Å². The fraction of sp³-hybridized carbons (Fsp3) is 0.571. The molecule has 0 unspecified atom stereocenters. The molecule has 0 aromatic carbocycles. The number of aromatic amines is 1. The molecule has 0 aliphatic heterocycles. The second-order valence-electron chi connectivity index (χ2n) is 3.39. The van der Waals surface area contributed by atoms with Gasteiger partial charge in [-0.05, 0) is 19.9 Å². The third kappa shape index (κ3) is 2.21. The molecule has 0 aliphatic carbocycles. The van der Waals surface area contributed by atoms with Crippen LogP contribution in [0.25, 0.3) is 0 Å². The van der Waals surface area contributed by atoms with Crippen LogP contribution in [-0.4, -0.2) is 10.2 Å². The Balaban J connectivity index is 3.01. The summed E-state index contributed by atoms with van der Waals surface area (Å²) >= 11 is 0. The number of nitrogens with one attached hydrogen (secondary N) is 1. The molecule has 0 saturated carbocycles. The van der Waals surface area contributed by atoms with Crippen LogP contribution in [0.1, 0.15) is 25.2 Å². The molecule has 6 heteroatoms. The van der Waals surface area contributed by atoms with E-state index in [0.29, 0.717) is 0 Å². The molecule has 1 rings (SSSR count). The highest BCUT2D eigenvalue weighted by molar-refractivity contribution is 5.17. The first-order valence-electron chi connectivity index (χ1n) is 3.63. The van der Waals surface area contributed by atoms with E-state index in [0.717, 1.165) is 6.07 Å². The summed E-state index contributed by atoms with van der Waals surface area (Å²) in [7, 11) is 0. The van der Waals surface area contributed by atoms with Gasteiger partial charge in [0.1, 0.15) is 5.69 Å². The van der Waals surface area contributed by atoms with Gasteiger partial charge in [0, 0.05) is 0 Å². The SMILES string of the molecule is CC(C)(N)c1cc(C(F)(F)F)[nH]n1. The fourth-order valence-corrected chi connectivity index (χ4v) is 0.797. The summed E-state index contributed by atoms with van der Waals surface area (Å²) in [5.41, 5.74) is 4.02. The molecule has 13 heavy (non-hydrogen) atoms. The van der Waals surface area contributed by atoms with Gasteiger partial charge in [-0.25, -0.2) is 0 Å². The Kier molecular flexibility index (Phi) is 2.11. The predicted octanol–water partition coefficient (Wildman–Crippen LogP) is 1.62. The lowest BCUT2D eigenvalue weighted by molar-refractivity contribution is -0.141. The first-order valence-corrected chi connectivity index (χ1v) is 3.63. The molecular formula is C7H10F3N3.